The van der Waals surface area contributed by atoms with Crippen molar-refractivity contribution in [2.24, 2.45) is 11.8 Å². The van der Waals surface area contributed by atoms with Gasteiger partial charge >= 0.3 is 0 Å². The highest BCUT2D eigenvalue weighted by molar-refractivity contribution is 5.76. The molecular formula is C33H66N2O. The first-order valence-corrected chi connectivity index (χ1v) is 16.5. The largest absolute Gasteiger partial charge is 0.353 e. The van der Waals surface area contributed by atoms with Crippen molar-refractivity contribution in [3.8, 4) is 0 Å². The van der Waals surface area contributed by atoms with Crippen molar-refractivity contribution in [2.75, 3.05) is 20.6 Å². The maximum Gasteiger partial charge on any atom is 0.221 e. The summed E-state index contributed by atoms with van der Waals surface area (Å²) in [5, 5.41) is 3.38. The maximum absolute atomic E-state index is 12.4. The Hall–Kier alpha value is -0.570. The van der Waals surface area contributed by atoms with Crippen LogP contribution in [0.3, 0.4) is 0 Å². The van der Waals surface area contributed by atoms with E-state index in [2.05, 4.69) is 24.1 Å². The Morgan fingerprint density at radius 1 is 0.667 bits per heavy atom. The Morgan fingerprint density at radius 2 is 1.08 bits per heavy atom. The van der Waals surface area contributed by atoms with Gasteiger partial charge in [-0.25, -0.2) is 0 Å². The van der Waals surface area contributed by atoms with E-state index in [1.807, 2.05) is 14.1 Å². The van der Waals surface area contributed by atoms with Crippen LogP contribution in [0.15, 0.2) is 0 Å². The van der Waals surface area contributed by atoms with E-state index in [1.165, 1.54) is 148 Å². The van der Waals surface area contributed by atoms with E-state index in [1.54, 1.807) is 0 Å². The lowest BCUT2D eigenvalue weighted by atomic mass is 9.99. The summed E-state index contributed by atoms with van der Waals surface area (Å²) in [6.45, 7) is 5.43. The predicted octanol–water partition coefficient (Wildman–Crippen LogP) is 9.68. The van der Waals surface area contributed by atoms with Crippen LogP contribution in [0.4, 0.5) is 0 Å². The van der Waals surface area contributed by atoms with Crippen molar-refractivity contribution in [3.63, 3.8) is 0 Å². The average molecular weight is 507 g/mol. The first-order chi connectivity index (χ1) is 17.6. The number of unbranched alkanes of at least 4 members (excludes halogenated alkanes) is 15. The average Bonchev–Trinajstić information content (AvgIpc) is 3.61. The third kappa shape index (κ3) is 20.5. The lowest BCUT2D eigenvalue weighted by Gasteiger charge is -2.20. The van der Waals surface area contributed by atoms with Gasteiger partial charge in [-0.3, -0.25) is 4.79 Å². The number of hydrogen-bond donors (Lipinski definition) is 1. The number of carbonyl (C=O) groups is 1. The molecule has 0 aromatic heterocycles. The molecule has 214 valence electrons. The number of nitrogens with one attached hydrogen (secondary N) is 1. The van der Waals surface area contributed by atoms with Crippen LogP contribution in [-0.2, 0) is 4.79 Å². The highest BCUT2D eigenvalue weighted by atomic mass is 16.1. The SMILES string of the molecule is CCCCCCCCC[C@H](CCCCCCC[C@@H]1C[C@H]1CCCCCCCC)NC(=O)CCN(C)C. The van der Waals surface area contributed by atoms with Crippen molar-refractivity contribution in [2.45, 2.75) is 174 Å². The van der Waals surface area contributed by atoms with Gasteiger partial charge < -0.3 is 10.2 Å². The zero-order valence-corrected chi connectivity index (χ0v) is 25.3. The molecule has 3 nitrogen and oxygen atoms in total. The van der Waals surface area contributed by atoms with Crippen molar-refractivity contribution in [1.82, 2.24) is 10.2 Å². The van der Waals surface area contributed by atoms with Gasteiger partial charge in [-0.2, -0.15) is 0 Å². The molecule has 1 saturated carbocycles. The second-order valence-electron chi connectivity index (χ2n) is 12.4. The van der Waals surface area contributed by atoms with E-state index in [0.717, 1.165) is 18.4 Å². The second-order valence-corrected chi connectivity index (χ2v) is 12.4. The summed E-state index contributed by atoms with van der Waals surface area (Å²) < 4.78 is 0. The molecule has 0 saturated heterocycles. The summed E-state index contributed by atoms with van der Waals surface area (Å²) >= 11 is 0. The molecule has 1 N–H and O–H groups in total. The molecule has 1 amide bonds. The number of carbonyl (C=O) groups excluding carboxylic acids is 1. The van der Waals surface area contributed by atoms with Crippen LogP contribution in [0.5, 0.6) is 0 Å². The van der Waals surface area contributed by atoms with Crippen molar-refractivity contribution in [1.29, 1.82) is 0 Å². The van der Waals surface area contributed by atoms with Gasteiger partial charge in [0, 0.05) is 19.0 Å². The van der Waals surface area contributed by atoms with Gasteiger partial charge in [0.2, 0.25) is 5.91 Å². The molecule has 36 heavy (non-hydrogen) atoms. The highest BCUT2D eigenvalue weighted by Gasteiger charge is 2.34. The van der Waals surface area contributed by atoms with E-state index in [-0.39, 0.29) is 5.91 Å². The lowest BCUT2D eigenvalue weighted by molar-refractivity contribution is -0.122. The monoisotopic (exact) mass is 507 g/mol. The van der Waals surface area contributed by atoms with E-state index in [4.69, 9.17) is 0 Å². The molecule has 0 heterocycles. The molecule has 0 radical (unpaired) electrons. The normalized spacial score (nSPS) is 18.0. The van der Waals surface area contributed by atoms with Crippen molar-refractivity contribution >= 4 is 5.91 Å². The van der Waals surface area contributed by atoms with E-state index in [9.17, 15) is 4.79 Å². The molecule has 0 spiro atoms. The molecule has 1 rings (SSSR count). The number of rotatable bonds is 27. The summed E-state index contributed by atoms with van der Waals surface area (Å²) in [6.07, 6.45) is 32.5. The van der Waals surface area contributed by atoms with Crippen LogP contribution < -0.4 is 5.32 Å². The molecule has 0 unspecified atom stereocenters. The number of nitrogens with zero attached hydrogens (tertiary/aromatic N) is 1. The first kappa shape index (κ1) is 33.5. The zero-order chi connectivity index (χ0) is 26.3. The molecule has 1 aliphatic carbocycles. The minimum atomic E-state index is 0.247. The highest BCUT2D eigenvalue weighted by Crippen LogP contribution is 2.45. The van der Waals surface area contributed by atoms with Gasteiger partial charge in [0.1, 0.15) is 0 Å². The smallest absolute Gasteiger partial charge is 0.221 e. The topological polar surface area (TPSA) is 32.3 Å². The van der Waals surface area contributed by atoms with Gasteiger partial charge in [-0.15, -0.1) is 0 Å². The minimum Gasteiger partial charge on any atom is -0.353 e. The molecule has 1 aliphatic rings. The van der Waals surface area contributed by atoms with Gasteiger partial charge in [-0.1, -0.05) is 142 Å². The number of hydrogen-bond acceptors (Lipinski definition) is 2. The summed E-state index contributed by atoms with van der Waals surface area (Å²) in [7, 11) is 4.09. The maximum atomic E-state index is 12.4. The summed E-state index contributed by atoms with van der Waals surface area (Å²) in [4.78, 5) is 14.5. The summed E-state index contributed by atoms with van der Waals surface area (Å²) in [6, 6.07) is 0.393. The molecule has 0 aromatic rings. The fourth-order valence-electron chi connectivity index (χ4n) is 5.79. The van der Waals surface area contributed by atoms with E-state index < -0.39 is 0 Å². The van der Waals surface area contributed by atoms with Crippen LogP contribution in [0.1, 0.15) is 168 Å². The Balaban J connectivity index is 2.07. The number of amides is 1. The fraction of sp³-hybridized carbons (Fsp3) is 0.970. The van der Waals surface area contributed by atoms with Crippen LogP contribution in [0.2, 0.25) is 0 Å². The second kappa shape index (κ2) is 23.5. The minimum absolute atomic E-state index is 0.247. The Bertz CT molecular complexity index is 492. The van der Waals surface area contributed by atoms with Gasteiger partial charge in [-0.05, 0) is 45.2 Å². The van der Waals surface area contributed by atoms with Gasteiger partial charge in [0.05, 0.1) is 0 Å². The Morgan fingerprint density at radius 3 is 1.53 bits per heavy atom. The summed E-state index contributed by atoms with van der Waals surface area (Å²) in [5.74, 6) is 2.40. The van der Waals surface area contributed by atoms with Gasteiger partial charge in [0.15, 0.2) is 0 Å². The predicted molar refractivity (Wildman–Crippen MR) is 160 cm³/mol. The molecule has 1 fully saturated rings. The van der Waals surface area contributed by atoms with E-state index >= 15 is 0 Å². The van der Waals surface area contributed by atoms with E-state index in [0.29, 0.717) is 12.5 Å². The quantitative estimate of drug-likeness (QED) is 0.112. The third-order valence-electron chi connectivity index (χ3n) is 8.43. The van der Waals surface area contributed by atoms with Crippen LogP contribution in [0.25, 0.3) is 0 Å². The first-order valence-electron chi connectivity index (χ1n) is 16.5. The van der Waals surface area contributed by atoms with Crippen LogP contribution in [0, 0.1) is 11.8 Å². The molecule has 3 atom stereocenters. The van der Waals surface area contributed by atoms with Crippen molar-refractivity contribution < 1.29 is 4.79 Å². The molecule has 0 aromatic carbocycles. The zero-order valence-electron chi connectivity index (χ0n) is 25.3. The van der Waals surface area contributed by atoms with Crippen LogP contribution >= 0.6 is 0 Å². The lowest BCUT2D eigenvalue weighted by Crippen LogP contribution is -2.36. The fourth-order valence-corrected chi connectivity index (χ4v) is 5.79. The third-order valence-corrected chi connectivity index (χ3v) is 8.43. The van der Waals surface area contributed by atoms with Gasteiger partial charge in [0.25, 0.3) is 0 Å². The molecule has 3 heteroatoms. The van der Waals surface area contributed by atoms with Crippen LogP contribution in [-0.4, -0.2) is 37.5 Å². The standard InChI is InChI=1S/C33H66N2O/c1-5-7-9-11-13-17-21-25-32(34-33(36)27-28-35(3)4)26-22-18-14-16-20-24-31-29-30(31)23-19-15-12-10-8-6-2/h30-32H,5-29H2,1-4H3,(H,34,36)/t30-,31-,32-/m1/s1. The van der Waals surface area contributed by atoms with Crippen molar-refractivity contribution in [3.05, 3.63) is 0 Å². The molecular weight excluding hydrogens is 440 g/mol. The molecule has 0 aliphatic heterocycles. The molecule has 0 bridgehead atoms. The summed E-state index contributed by atoms with van der Waals surface area (Å²) in [5.41, 5.74) is 0. The Kier molecular flexibility index (Phi) is 21.9. The Labute approximate surface area is 227 Å².